The van der Waals surface area contributed by atoms with Crippen LogP contribution in [0.4, 0.5) is 0 Å². The highest BCUT2D eigenvalue weighted by molar-refractivity contribution is 6.33. The predicted molar refractivity (Wildman–Crippen MR) is 219 cm³/mol. The summed E-state index contributed by atoms with van der Waals surface area (Å²) in [5, 5.41) is 8.43. The van der Waals surface area contributed by atoms with Gasteiger partial charge in [-0.25, -0.2) is 0 Å². The lowest BCUT2D eigenvalue weighted by Crippen LogP contribution is -2.05. The molecule has 6 aromatic carbocycles. The highest BCUT2D eigenvalue weighted by atomic mass is 35.5. The number of fused-ring (bicyclic) bond motifs is 5. The highest BCUT2D eigenvalue weighted by Crippen LogP contribution is 2.48. The molecule has 6 rings (SSSR count). The summed E-state index contributed by atoms with van der Waals surface area (Å²) in [7, 11) is 0. The SMILES string of the molecule is CC(C)c1cc(C(C)C)c(-c2cc3c4cc(Cl)ccc4c(-c4c(C(C)C)cc(C(C)C)cc4C(C)C)cc3c3ccccc23)c(C(C)C)c1. The fourth-order valence-electron chi connectivity index (χ4n) is 7.92. The number of hydrogen-bond donors (Lipinski definition) is 0. The molecular weight excluding hydrogens is 612 g/mol. The molecule has 0 aliphatic rings. The smallest absolute Gasteiger partial charge is 0.0412 e. The molecule has 0 unspecified atom stereocenters. The van der Waals surface area contributed by atoms with Crippen LogP contribution in [0.5, 0.6) is 0 Å². The van der Waals surface area contributed by atoms with Crippen LogP contribution in [0.3, 0.4) is 0 Å². The van der Waals surface area contributed by atoms with Gasteiger partial charge >= 0.3 is 0 Å². The molecule has 0 nitrogen and oxygen atoms in total. The van der Waals surface area contributed by atoms with Gasteiger partial charge in [-0.2, -0.15) is 0 Å². The summed E-state index contributed by atoms with van der Waals surface area (Å²) in [4.78, 5) is 0. The second-order valence-corrected chi connectivity index (χ2v) is 16.7. The Morgan fingerprint density at radius 2 is 0.694 bits per heavy atom. The van der Waals surface area contributed by atoms with Gasteiger partial charge < -0.3 is 0 Å². The summed E-state index contributed by atoms with van der Waals surface area (Å²) in [6.07, 6.45) is 0. The lowest BCUT2D eigenvalue weighted by atomic mass is 9.78. The molecule has 0 aliphatic carbocycles. The minimum atomic E-state index is 0.390. The van der Waals surface area contributed by atoms with Gasteiger partial charge in [0, 0.05) is 5.02 Å². The molecule has 0 saturated heterocycles. The molecule has 254 valence electrons. The van der Waals surface area contributed by atoms with Crippen LogP contribution in [0, 0.1) is 0 Å². The number of rotatable bonds is 8. The van der Waals surface area contributed by atoms with Gasteiger partial charge in [-0.05, 0) is 148 Å². The van der Waals surface area contributed by atoms with Gasteiger partial charge in [-0.1, -0.05) is 149 Å². The first-order chi connectivity index (χ1) is 23.2. The minimum Gasteiger partial charge on any atom is -0.0843 e. The highest BCUT2D eigenvalue weighted by Gasteiger charge is 2.24. The zero-order chi connectivity index (χ0) is 35.5. The predicted octanol–water partition coefficient (Wildman–Crippen LogP) is 15.9. The van der Waals surface area contributed by atoms with Crippen LogP contribution < -0.4 is 0 Å². The molecule has 0 atom stereocenters. The lowest BCUT2D eigenvalue weighted by Gasteiger charge is -2.26. The third-order valence-corrected chi connectivity index (χ3v) is 11.0. The molecule has 0 radical (unpaired) electrons. The van der Waals surface area contributed by atoms with Gasteiger partial charge in [0.05, 0.1) is 0 Å². The van der Waals surface area contributed by atoms with Gasteiger partial charge in [0.25, 0.3) is 0 Å². The van der Waals surface area contributed by atoms with Crippen molar-refractivity contribution in [1.82, 2.24) is 0 Å². The van der Waals surface area contributed by atoms with E-state index in [1.807, 2.05) is 0 Å². The van der Waals surface area contributed by atoms with Gasteiger partial charge in [-0.3, -0.25) is 0 Å². The summed E-state index contributed by atoms with van der Waals surface area (Å²) in [6, 6.07) is 30.6. The first-order valence-corrected chi connectivity index (χ1v) is 19.0. The minimum absolute atomic E-state index is 0.390. The van der Waals surface area contributed by atoms with Crippen molar-refractivity contribution < 1.29 is 0 Å². The maximum Gasteiger partial charge on any atom is 0.0412 e. The van der Waals surface area contributed by atoms with Crippen molar-refractivity contribution in [2.45, 2.75) is 119 Å². The Balaban J connectivity index is 1.82. The fourth-order valence-corrected chi connectivity index (χ4v) is 8.09. The van der Waals surface area contributed by atoms with Crippen molar-refractivity contribution in [3.63, 3.8) is 0 Å². The van der Waals surface area contributed by atoms with Crippen LogP contribution in [0.15, 0.2) is 78.9 Å². The van der Waals surface area contributed by atoms with Gasteiger partial charge in [-0.15, -0.1) is 0 Å². The molecule has 0 saturated carbocycles. The molecule has 49 heavy (non-hydrogen) atoms. The molecule has 0 aromatic heterocycles. The van der Waals surface area contributed by atoms with Crippen molar-refractivity contribution >= 4 is 43.9 Å². The van der Waals surface area contributed by atoms with Crippen LogP contribution in [-0.4, -0.2) is 0 Å². The van der Waals surface area contributed by atoms with E-state index in [1.54, 1.807) is 0 Å². The molecule has 6 aromatic rings. The molecule has 0 fully saturated rings. The standard InChI is InChI=1S/C48H55Cl/c1-26(2)32-19-38(28(5)6)47(39(20-32)29(7)8)45-25-44-42-23-34(49)17-18-37(42)46(24-43(44)35-15-13-14-16-36(35)45)48-40(30(9)10)21-33(27(3)4)22-41(48)31(11)12/h13-31H,1-12H3. The van der Waals surface area contributed by atoms with Crippen molar-refractivity contribution in [2.75, 3.05) is 0 Å². The van der Waals surface area contributed by atoms with Crippen LogP contribution in [0.1, 0.15) is 152 Å². The zero-order valence-electron chi connectivity index (χ0n) is 31.8. The summed E-state index contributed by atoms with van der Waals surface area (Å²) in [5.41, 5.74) is 14.0. The van der Waals surface area contributed by atoms with Crippen molar-refractivity contribution in [3.8, 4) is 22.3 Å². The molecule has 1 heteroatoms. The van der Waals surface area contributed by atoms with Crippen molar-refractivity contribution in [2.24, 2.45) is 0 Å². The van der Waals surface area contributed by atoms with Crippen molar-refractivity contribution in [1.29, 1.82) is 0 Å². The van der Waals surface area contributed by atoms with E-state index < -0.39 is 0 Å². The van der Waals surface area contributed by atoms with Gasteiger partial charge in [0.1, 0.15) is 0 Å². The summed E-state index contributed by atoms with van der Waals surface area (Å²) >= 11 is 6.89. The molecule has 0 spiro atoms. The Labute approximate surface area is 300 Å². The molecule has 0 heterocycles. The van der Waals surface area contributed by atoms with Crippen LogP contribution in [0.25, 0.3) is 54.6 Å². The van der Waals surface area contributed by atoms with Crippen LogP contribution in [0.2, 0.25) is 5.02 Å². The lowest BCUT2D eigenvalue weighted by molar-refractivity contribution is 0.807. The summed E-state index contributed by atoms with van der Waals surface area (Å²) < 4.78 is 0. The largest absolute Gasteiger partial charge is 0.0843 e. The summed E-state index contributed by atoms with van der Waals surface area (Å²) in [6.45, 7) is 28.0. The first-order valence-electron chi connectivity index (χ1n) is 18.6. The maximum absolute atomic E-state index is 6.89. The van der Waals surface area contributed by atoms with E-state index in [0.29, 0.717) is 35.5 Å². The fraction of sp³-hybridized carbons (Fsp3) is 0.375. The molecule has 0 aliphatic heterocycles. The Morgan fingerprint density at radius 3 is 1.08 bits per heavy atom. The van der Waals surface area contributed by atoms with E-state index in [4.69, 9.17) is 11.6 Å². The van der Waals surface area contributed by atoms with E-state index in [-0.39, 0.29) is 0 Å². The molecule has 0 N–H and O–H groups in total. The molecule has 0 amide bonds. The average Bonchev–Trinajstić information content (AvgIpc) is 3.06. The van der Waals surface area contributed by atoms with E-state index in [1.165, 1.54) is 88.0 Å². The quantitative estimate of drug-likeness (QED) is 0.142. The Bertz CT molecular complexity index is 2130. The monoisotopic (exact) mass is 666 g/mol. The molecular formula is C48H55Cl. The van der Waals surface area contributed by atoms with Gasteiger partial charge in [0.15, 0.2) is 0 Å². The zero-order valence-corrected chi connectivity index (χ0v) is 32.6. The van der Waals surface area contributed by atoms with Crippen LogP contribution >= 0.6 is 11.6 Å². The summed E-state index contributed by atoms with van der Waals surface area (Å²) in [5.74, 6) is 2.52. The molecule has 0 bridgehead atoms. The second kappa shape index (κ2) is 13.6. The second-order valence-electron chi connectivity index (χ2n) is 16.3. The number of hydrogen-bond acceptors (Lipinski definition) is 0. The van der Waals surface area contributed by atoms with E-state index in [2.05, 4.69) is 162 Å². The Hall–Kier alpha value is -3.61. The van der Waals surface area contributed by atoms with Gasteiger partial charge in [0.2, 0.25) is 0 Å². The van der Waals surface area contributed by atoms with E-state index >= 15 is 0 Å². The maximum atomic E-state index is 6.89. The average molecular weight is 667 g/mol. The van der Waals surface area contributed by atoms with E-state index in [9.17, 15) is 0 Å². The first kappa shape index (κ1) is 35.2. The third kappa shape index (κ3) is 6.31. The third-order valence-electron chi connectivity index (χ3n) is 10.7. The topological polar surface area (TPSA) is 0 Å². The van der Waals surface area contributed by atoms with E-state index in [0.717, 1.165) is 5.02 Å². The Kier molecular flexibility index (Phi) is 9.78. The normalized spacial score (nSPS) is 12.5. The Morgan fingerprint density at radius 1 is 0.347 bits per heavy atom. The number of benzene rings is 6. The number of halogens is 1. The van der Waals surface area contributed by atoms with Crippen molar-refractivity contribution in [3.05, 3.63) is 117 Å². The van der Waals surface area contributed by atoms with Crippen LogP contribution in [-0.2, 0) is 0 Å².